The van der Waals surface area contributed by atoms with Gasteiger partial charge in [0.2, 0.25) is 0 Å². The van der Waals surface area contributed by atoms with Crippen LogP contribution in [0.2, 0.25) is 0 Å². The smallest absolute Gasteiger partial charge is 0.121 e. The number of allylic oxidation sites excluding steroid dienone is 3. The van der Waals surface area contributed by atoms with E-state index in [1.807, 2.05) is 0 Å². The van der Waals surface area contributed by atoms with Crippen LogP contribution in [0.3, 0.4) is 0 Å². The first kappa shape index (κ1) is 25.9. The largest absolute Gasteiger partial charge is 0.301 e. The first-order valence-electron chi connectivity index (χ1n) is 12.9. The molecule has 182 valence electrons. The molecule has 0 aromatic heterocycles. The quantitative estimate of drug-likeness (QED) is 0.409. The van der Waals surface area contributed by atoms with Crippen molar-refractivity contribution in [3.05, 3.63) is 94.6 Å². The van der Waals surface area contributed by atoms with Gasteiger partial charge in [-0.1, -0.05) is 103 Å². The number of benzene rings is 2. The van der Waals surface area contributed by atoms with Gasteiger partial charge in [0, 0.05) is 12.4 Å². The van der Waals surface area contributed by atoms with Crippen LogP contribution in [0.15, 0.2) is 72.3 Å². The van der Waals surface area contributed by atoms with E-state index in [2.05, 4.69) is 140 Å². The van der Waals surface area contributed by atoms with Crippen LogP contribution in [-0.2, 0) is 0 Å². The van der Waals surface area contributed by atoms with Crippen LogP contribution in [0.25, 0.3) is 0 Å². The zero-order valence-electron chi connectivity index (χ0n) is 23.0. The van der Waals surface area contributed by atoms with Crippen LogP contribution in [0.1, 0.15) is 115 Å². The molecule has 3 rings (SSSR count). The Bertz CT molecular complexity index is 964. The molecule has 2 aromatic carbocycles. The monoisotopic (exact) mass is 456 g/mol. The Labute approximate surface area is 208 Å². The van der Waals surface area contributed by atoms with Crippen LogP contribution < -0.4 is 9.80 Å². The molecule has 0 bridgehead atoms. The van der Waals surface area contributed by atoms with Gasteiger partial charge < -0.3 is 9.80 Å². The fraction of sp³-hybridized carbons (Fsp3) is 0.438. The average molecular weight is 457 g/mol. The summed E-state index contributed by atoms with van der Waals surface area (Å²) in [6, 6.07) is 13.6. The molecule has 2 nitrogen and oxygen atoms in total. The van der Waals surface area contributed by atoms with Gasteiger partial charge in [0.15, 0.2) is 0 Å². The van der Waals surface area contributed by atoms with Gasteiger partial charge in [-0.15, -0.1) is 0 Å². The maximum Gasteiger partial charge on any atom is 0.121 e. The van der Waals surface area contributed by atoms with Gasteiger partial charge in [0.1, 0.15) is 5.82 Å². The summed E-state index contributed by atoms with van der Waals surface area (Å²) < 4.78 is 0. The molecule has 2 heteroatoms. The number of rotatable bonds is 7. The Morgan fingerprint density at radius 2 is 0.912 bits per heavy atom. The predicted molar refractivity (Wildman–Crippen MR) is 151 cm³/mol. The molecular weight excluding hydrogens is 412 g/mol. The van der Waals surface area contributed by atoms with Crippen LogP contribution >= 0.6 is 0 Å². The molecule has 0 radical (unpaired) electrons. The van der Waals surface area contributed by atoms with E-state index in [-0.39, 0.29) is 0 Å². The van der Waals surface area contributed by atoms with Crippen LogP contribution in [0, 0.1) is 0 Å². The van der Waals surface area contributed by atoms with E-state index in [0.29, 0.717) is 23.7 Å². The first-order valence-corrected chi connectivity index (χ1v) is 12.9. The Balaban J connectivity index is 2.30. The first-order chi connectivity index (χ1) is 16.0. The van der Waals surface area contributed by atoms with E-state index >= 15 is 0 Å². The normalized spacial score (nSPS) is 13.8. The molecule has 0 spiro atoms. The highest BCUT2D eigenvalue weighted by Gasteiger charge is 2.30. The molecule has 1 heterocycles. The third-order valence-corrected chi connectivity index (χ3v) is 6.59. The maximum atomic E-state index is 2.42. The Morgan fingerprint density at radius 1 is 0.588 bits per heavy atom. The van der Waals surface area contributed by atoms with E-state index in [4.69, 9.17) is 0 Å². The van der Waals surface area contributed by atoms with Crippen molar-refractivity contribution >= 4 is 11.4 Å². The molecule has 34 heavy (non-hydrogen) atoms. The summed E-state index contributed by atoms with van der Waals surface area (Å²) in [6.07, 6.45) is 9.05. The second-order valence-corrected chi connectivity index (χ2v) is 11.0. The van der Waals surface area contributed by atoms with E-state index in [1.54, 1.807) is 0 Å². The third-order valence-electron chi connectivity index (χ3n) is 6.59. The summed E-state index contributed by atoms with van der Waals surface area (Å²) in [4.78, 5) is 4.84. The lowest BCUT2D eigenvalue weighted by atomic mass is 9.91. The summed E-state index contributed by atoms with van der Waals surface area (Å²) >= 11 is 0. The van der Waals surface area contributed by atoms with Crippen molar-refractivity contribution in [2.75, 3.05) is 9.80 Å². The second kappa shape index (κ2) is 10.7. The molecular formula is C32H44N2. The van der Waals surface area contributed by atoms with Crippen molar-refractivity contribution in [1.82, 2.24) is 0 Å². The fourth-order valence-corrected chi connectivity index (χ4v) is 4.76. The average Bonchev–Trinajstić information content (AvgIpc) is 3.19. The molecule has 0 aliphatic carbocycles. The van der Waals surface area contributed by atoms with E-state index in [9.17, 15) is 0 Å². The van der Waals surface area contributed by atoms with Crippen molar-refractivity contribution in [2.45, 2.75) is 92.9 Å². The highest BCUT2D eigenvalue weighted by molar-refractivity contribution is 5.77. The van der Waals surface area contributed by atoms with Crippen molar-refractivity contribution in [2.24, 2.45) is 0 Å². The fourth-order valence-electron chi connectivity index (χ4n) is 4.76. The lowest BCUT2D eigenvalue weighted by Gasteiger charge is -2.33. The Hall–Kier alpha value is -2.74. The standard InChI is InChI=1S/C32H44N2/c1-21(2)17-18-30-33(31-26(22(3)4)13-11-14-27(31)23(5)6)19-20-34(30)32-28(24(7)8)15-12-16-29(32)25(9)10/h11-20,22-25H,1-10H3. The van der Waals surface area contributed by atoms with Crippen molar-refractivity contribution in [3.8, 4) is 0 Å². The highest BCUT2D eigenvalue weighted by Crippen LogP contribution is 2.44. The van der Waals surface area contributed by atoms with Gasteiger partial charge in [-0.05, 0) is 65.8 Å². The SMILES string of the molecule is CC(C)=CC=C1N(c2c(C(C)C)cccc2C(C)C)C=CN1c1c(C(C)C)cccc1C(C)C. The van der Waals surface area contributed by atoms with Crippen LogP contribution in [-0.4, -0.2) is 0 Å². The molecule has 0 N–H and O–H groups in total. The molecule has 1 aliphatic rings. The molecule has 0 saturated heterocycles. The lowest BCUT2D eigenvalue weighted by molar-refractivity contribution is 0.820. The summed E-state index contributed by atoms with van der Waals surface area (Å²) in [5.41, 5.74) is 9.51. The van der Waals surface area contributed by atoms with Crippen LogP contribution in [0.5, 0.6) is 0 Å². The molecule has 0 fully saturated rings. The number of anilines is 2. The second-order valence-electron chi connectivity index (χ2n) is 11.0. The van der Waals surface area contributed by atoms with Gasteiger partial charge in [-0.3, -0.25) is 0 Å². The van der Waals surface area contributed by atoms with Gasteiger partial charge in [-0.25, -0.2) is 0 Å². The summed E-state index contributed by atoms with van der Waals surface area (Å²) in [5, 5.41) is 0. The third kappa shape index (κ3) is 5.17. The molecule has 0 atom stereocenters. The van der Waals surface area contributed by atoms with Crippen molar-refractivity contribution < 1.29 is 0 Å². The highest BCUT2D eigenvalue weighted by atomic mass is 15.4. The predicted octanol–water partition coefficient (Wildman–Crippen LogP) is 9.79. The van der Waals surface area contributed by atoms with E-state index in [1.165, 1.54) is 45.0 Å². The minimum absolute atomic E-state index is 0.440. The van der Waals surface area contributed by atoms with E-state index < -0.39 is 0 Å². The molecule has 2 aromatic rings. The molecule has 0 amide bonds. The Morgan fingerprint density at radius 3 is 1.18 bits per heavy atom. The van der Waals surface area contributed by atoms with Gasteiger partial charge in [-0.2, -0.15) is 0 Å². The van der Waals surface area contributed by atoms with Crippen LogP contribution in [0.4, 0.5) is 11.4 Å². The minimum atomic E-state index is 0.440. The summed E-state index contributed by atoms with van der Waals surface area (Å²) in [5.74, 6) is 2.95. The molecule has 1 aliphatic heterocycles. The maximum absolute atomic E-state index is 2.42. The molecule has 0 unspecified atom stereocenters. The molecule has 0 saturated carbocycles. The van der Waals surface area contributed by atoms with E-state index in [0.717, 1.165) is 0 Å². The summed E-state index contributed by atoms with van der Waals surface area (Å²) in [6.45, 7) is 22.7. The lowest BCUT2D eigenvalue weighted by Crippen LogP contribution is -2.26. The zero-order valence-corrected chi connectivity index (χ0v) is 23.0. The van der Waals surface area contributed by atoms with Gasteiger partial charge in [0.05, 0.1) is 11.4 Å². The van der Waals surface area contributed by atoms with Gasteiger partial charge >= 0.3 is 0 Å². The van der Waals surface area contributed by atoms with Gasteiger partial charge in [0.25, 0.3) is 0 Å². The number of para-hydroxylation sites is 2. The number of nitrogens with zero attached hydrogens (tertiary/aromatic N) is 2. The number of hydrogen-bond donors (Lipinski definition) is 0. The topological polar surface area (TPSA) is 6.48 Å². The Kier molecular flexibility index (Phi) is 8.13. The number of hydrogen-bond acceptors (Lipinski definition) is 2. The minimum Gasteiger partial charge on any atom is -0.301 e. The zero-order chi connectivity index (χ0) is 25.2. The van der Waals surface area contributed by atoms with Crippen molar-refractivity contribution in [3.63, 3.8) is 0 Å². The van der Waals surface area contributed by atoms with Crippen molar-refractivity contribution in [1.29, 1.82) is 0 Å². The summed E-state index contributed by atoms with van der Waals surface area (Å²) in [7, 11) is 0.